The van der Waals surface area contributed by atoms with Gasteiger partial charge in [-0.25, -0.2) is 9.59 Å². The summed E-state index contributed by atoms with van der Waals surface area (Å²) in [6.45, 7) is 8.93. The van der Waals surface area contributed by atoms with Gasteiger partial charge >= 0.3 is 12.1 Å². The van der Waals surface area contributed by atoms with Gasteiger partial charge in [0.15, 0.2) is 0 Å². The van der Waals surface area contributed by atoms with Crippen LogP contribution in [0.15, 0.2) is 24.3 Å². The minimum Gasteiger partial charge on any atom is -0.480 e. The topological polar surface area (TPSA) is 75.6 Å². The van der Waals surface area contributed by atoms with Gasteiger partial charge in [0.1, 0.15) is 11.6 Å². The summed E-state index contributed by atoms with van der Waals surface area (Å²) in [5.41, 5.74) is -0.0159. The number of carbonyl (C=O) groups excluding carboxylic acids is 1. The molecule has 0 bridgehead atoms. The molecule has 1 rings (SSSR count). The lowest BCUT2D eigenvalue weighted by Crippen LogP contribution is -2.48. The van der Waals surface area contributed by atoms with E-state index in [2.05, 4.69) is 5.32 Å². The third kappa shape index (κ3) is 5.75. The molecule has 0 saturated heterocycles. The summed E-state index contributed by atoms with van der Waals surface area (Å²) in [4.78, 5) is 23.7. The van der Waals surface area contributed by atoms with Crippen molar-refractivity contribution >= 4 is 23.7 Å². The highest BCUT2D eigenvalue weighted by Gasteiger charge is 2.35. The first-order chi connectivity index (χ1) is 10.5. The van der Waals surface area contributed by atoms with E-state index in [9.17, 15) is 14.7 Å². The molecule has 0 radical (unpaired) electrons. The molecule has 0 saturated carbocycles. The van der Waals surface area contributed by atoms with Crippen molar-refractivity contribution in [2.24, 2.45) is 5.92 Å². The van der Waals surface area contributed by atoms with Gasteiger partial charge in [-0.3, -0.25) is 0 Å². The van der Waals surface area contributed by atoms with Crippen LogP contribution >= 0.6 is 11.6 Å². The van der Waals surface area contributed by atoms with Crippen molar-refractivity contribution in [2.45, 2.75) is 52.2 Å². The number of nitrogens with one attached hydrogen (secondary N) is 1. The summed E-state index contributed by atoms with van der Waals surface area (Å²) in [5, 5.41) is 12.5. The Morgan fingerprint density at radius 2 is 1.78 bits per heavy atom. The molecular weight excluding hydrogens is 318 g/mol. The highest BCUT2D eigenvalue weighted by molar-refractivity contribution is 6.31. The third-order valence-electron chi connectivity index (χ3n) is 3.28. The van der Waals surface area contributed by atoms with Crippen LogP contribution in [0.25, 0.3) is 0 Å². The Bertz CT molecular complexity index is 566. The van der Waals surface area contributed by atoms with Crippen molar-refractivity contribution < 1.29 is 19.4 Å². The predicted octanol–water partition coefficient (Wildman–Crippen LogP) is 4.06. The van der Waals surface area contributed by atoms with Gasteiger partial charge < -0.3 is 15.2 Å². The number of carboxylic acid groups (broad SMARTS) is 1. The van der Waals surface area contributed by atoms with Crippen molar-refractivity contribution in [3.05, 3.63) is 34.9 Å². The minimum absolute atomic E-state index is 0.0501. The second-order valence-corrected chi connectivity index (χ2v) is 7.16. The molecule has 0 heterocycles. The lowest BCUT2D eigenvalue weighted by molar-refractivity contribution is -0.140. The molecule has 0 aliphatic heterocycles. The number of amides is 1. The second-order valence-electron chi connectivity index (χ2n) is 6.75. The lowest BCUT2D eigenvalue weighted by Gasteiger charge is -2.30. The Morgan fingerprint density at radius 1 is 1.22 bits per heavy atom. The maximum absolute atomic E-state index is 12.0. The predicted molar refractivity (Wildman–Crippen MR) is 89.8 cm³/mol. The molecule has 0 aromatic heterocycles. The number of halogens is 1. The summed E-state index contributed by atoms with van der Waals surface area (Å²) in [5.74, 6) is -1.66. The SMILES string of the molecule is CC(C)[C@H](c1ccccc1Cl)[C@H](NC(=O)OC(C)(C)C)C(=O)O. The number of rotatable bonds is 5. The fourth-order valence-corrected chi connectivity index (χ4v) is 2.67. The number of carboxylic acids is 1. The van der Waals surface area contributed by atoms with Gasteiger partial charge in [0, 0.05) is 10.9 Å². The molecule has 2 atom stereocenters. The zero-order valence-corrected chi connectivity index (χ0v) is 14.8. The van der Waals surface area contributed by atoms with Crippen LogP contribution in [0.4, 0.5) is 4.79 Å². The number of alkyl carbamates (subject to hydrolysis) is 1. The fraction of sp³-hybridized carbons (Fsp3) is 0.529. The molecule has 23 heavy (non-hydrogen) atoms. The van der Waals surface area contributed by atoms with Gasteiger partial charge in [-0.1, -0.05) is 43.6 Å². The van der Waals surface area contributed by atoms with Gasteiger partial charge in [0.25, 0.3) is 0 Å². The number of hydrogen-bond acceptors (Lipinski definition) is 3. The Labute approximate surface area is 142 Å². The standard InChI is InChI=1S/C17H24ClNO4/c1-10(2)13(11-8-6-7-9-12(11)18)14(15(20)21)19-16(22)23-17(3,4)5/h6-10,13-14H,1-5H3,(H,19,22)(H,20,21)/t13-,14+/m1/s1. The van der Waals surface area contributed by atoms with Crippen LogP contribution in [0.2, 0.25) is 5.02 Å². The normalized spacial score (nSPS) is 14.2. The molecule has 1 aromatic rings. The minimum atomic E-state index is -1.13. The van der Waals surface area contributed by atoms with Crippen LogP contribution in [0.1, 0.15) is 46.1 Å². The Balaban J connectivity index is 3.12. The molecule has 5 nitrogen and oxygen atoms in total. The quantitative estimate of drug-likeness (QED) is 0.846. The monoisotopic (exact) mass is 341 g/mol. The maximum atomic E-state index is 12.0. The zero-order valence-electron chi connectivity index (χ0n) is 14.1. The van der Waals surface area contributed by atoms with E-state index < -0.39 is 29.6 Å². The number of carbonyl (C=O) groups is 2. The van der Waals surface area contributed by atoms with E-state index in [-0.39, 0.29) is 5.92 Å². The first kappa shape index (κ1) is 19.3. The summed E-state index contributed by atoms with van der Waals surface area (Å²) >= 11 is 6.22. The molecule has 0 spiro atoms. The second kappa shape index (κ2) is 7.68. The molecule has 1 amide bonds. The van der Waals surface area contributed by atoms with Gasteiger partial charge in [0.2, 0.25) is 0 Å². The van der Waals surface area contributed by atoms with Gasteiger partial charge in [0.05, 0.1) is 0 Å². The largest absolute Gasteiger partial charge is 0.480 e. The van der Waals surface area contributed by atoms with Crippen LogP contribution in [0.5, 0.6) is 0 Å². The summed E-state index contributed by atoms with van der Waals surface area (Å²) in [6, 6.07) is 5.92. The maximum Gasteiger partial charge on any atom is 0.408 e. The highest BCUT2D eigenvalue weighted by atomic mass is 35.5. The Hall–Kier alpha value is -1.75. The van der Waals surface area contributed by atoms with Crippen molar-refractivity contribution in [1.29, 1.82) is 0 Å². The molecule has 128 valence electrons. The molecular formula is C17H24ClNO4. The third-order valence-corrected chi connectivity index (χ3v) is 3.62. The smallest absolute Gasteiger partial charge is 0.408 e. The average molecular weight is 342 g/mol. The Kier molecular flexibility index (Phi) is 6.45. The number of benzene rings is 1. The van der Waals surface area contributed by atoms with Crippen molar-refractivity contribution in [1.82, 2.24) is 5.32 Å². The number of aliphatic carboxylic acids is 1. The molecule has 0 unspecified atom stereocenters. The first-order valence-corrected chi connectivity index (χ1v) is 7.87. The van der Waals surface area contributed by atoms with Gasteiger partial charge in [-0.2, -0.15) is 0 Å². The van der Waals surface area contributed by atoms with E-state index in [1.165, 1.54) is 0 Å². The van der Waals surface area contributed by atoms with E-state index in [0.29, 0.717) is 10.6 Å². The molecule has 0 aliphatic rings. The molecule has 0 fully saturated rings. The van der Waals surface area contributed by atoms with Crippen molar-refractivity contribution in [2.75, 3.05) is 0 Å². The van der Waals surface area contributed by atoms with E-state index in [1.54, 1.807) is 45.0 Å². The highest BCUT2D eigenvalue weighted by Crippen LogP contribution is 2.33. The van der Waals surface area contributed by atoms with Crippen LogP contribution < -0.4 is 5.32 Å². The average Bonchev–Trinajstić information content (AvgIpc) is 2.37. The van der Waals surface area contributed by atoms with E-state index in [4.69, 9.17) is 16.3 Å². The number of hydrogen-bond donors (Lipinski definition) is 2. The van der Waals surface area contributed by atoms with E-state index >= 15 is 0 Å². The van der Waals surface area contributed by atoms with Gasteiger partial charge in [-0.15, -0.1) is 0 Å². The molecule has 0 aliphatic carbocycles. The molecule has 2 N–H and O–H groups in total. The molecule has 6 heteroatoms. The van der Waals surface area contributed by atoms with E-state index in [0.717, 1.165) is 0 Å². The first-order valence-electron chi connectivity index (χ1n) is 7.49. The van der Waals surface area contributed by atoms with Crippen LogP contribution in [-0.4, -0.2) is 28.8 Å². The summed E-state index contributed by atoms with van der Waals surface area (Å²) in [6.07, 6.45) is -0.761. The van der Waals surface area contributed by atoms with Crippen LogP contribution in [-0.2, 0) is 9.53 Å². The fourth-order valence-electron chi connectivity index (χ4n) is 2.41. The van der Waals surface area contributed by atoms with Crippen molar-refractivity contribution in [3.63, 3.8) is 0 Å². The van der Waals surface area contributed by atoms with Crippen molar-refractivity contribution in [3.8, 4) is 0 Å². The zero-order chi connectivity index (χ0) is 17.8. The summed E-state index contributed by atoms with van der Waals surface area (Å²) in [7, 11) is 0. The Morgan fingerprint density at radius 3 is 2.22 bits per heavy atom. The number of ether oxygens (including phenoxy) is 1. The summed E-state index contributed by atoms with van der Waals surface area (Å²) < 4.78 is 5.17. The van der Waals surface area contributed by atoms with Crippen LogP contribution in [0.3, 0.4) is 0 Å². The van der Waals surface area contributed by atoms with Gasteiger partial charge in [-0.05, 0) is 38.3 Å². The van der Waals surface area contributed by atoms with Crippen LogP contribution in [0, 0.1) is 5.92 Å². The van der Waals surface area contributed by atoms with E-state index in [1.807, 2.05) is 13.8 Å². The lowest BCUT2D eigenvalue weighted by atomic mass is 9.82. The molecule has 1 aromatic carbocycles.